The standard InChI is InChI=1S/C14H15BrN2O/c15-10-3-1-2-9(6-10)7-14-16-12-5-4-11(18)8-13(12)17-14/h1-3,6,11,18H,4-5,7-8H2,(H,16,17). The molecule has 1 aromatic carbocycles. The number of rotatable bonds is 2. The minimum atomic E-state index is -0.211. The minimum absolute atomic E-state index is 0.211. The van der Waals surface area contributed by atoms with E-state index in [9.17, 15) is 5.11 Å². The molecule has 4 heteroatoms. The first kappa shape index (κ1) is 11.9. The van der Waals surface area contributed by atoms with Gasteiger partial charge in [0.1, 0.15) is 5.82 Å². The van der Waals surface area contributed by atoms with Crippen molar-refractivity contribution in [3.8, 4) is 0 Å². The van der Waals surface area contributed by atoms with Crippen molar-refractivity contribution in [1.29, 1.82) is 0 Å². The molecular formula is C14H15BrN2O. The summed E-state index contributed by atoms with van der Waals surface area (Å²) in [6.07, 6.45) is 3.01. The smallest absolute Gasteiger partial charge is 0.110 e. The molecule has 1 atom stereocenters. The van der Waals surface area contributed by atoms with Crippen molar-refractivity contribution >= 4 is 15.9 Å². The third kappa shape index (κ3) is 2.49. The van der Waals surface area contributed by atoms with Gasteiger partial charge in [0.2, 0.25) is 0 Å². The third-order valence-corrected chi connectivity index (χ3v) is 3.82. The second-order valence-corrected chi connectivity index (χ2v) is 5.73. The number of H-pyrrole nitrogens is 1. The number of halogens is 1. The zero-order valence-corrected chi connectivity index (χ0v) is 11.6. The summed E-state index contributed by atoms with van der Waals surface area (Å²) < 4.78 is 1.09. The molecule has 18 heavy (non-hydrogen) atoms. The Morgan fingerprint density at radius 2 is 2.33 bits per heavy atom. The Balaban J connectivity index is 1.82. The van der Waals surface area contributed by atoms with Gasteiger partial charge < -0.3 is 10.1 Å². The number of aromatic nitrogens is 2. The van der Waals surface area contributed by atoms with E-state index in [1.54, 1.807) is 0 Å². The van der Waals surface area contributed by atoms with E-state index in [4.69, 9.17) is 0 Å². The van der Waals surface area contributed by atoms with Crippen molar-refractivity contribution in [3.63, 3.8) is 0 Å². The molecule has 3 nitrogen and oxygen atoms in total. The molecule has 1 heterocycles. The number of imidazole rings is 1. The fraction of sp³-hybridized carbons (Fsp3) is 0.357. The van der Waals surface area contributed by atoms with Gasteiger partial charge in [-0.05, 0) is 30.5 Å². The fourth-order valence-corrected chi connectivity index (χ4v) is 2.89. The van der Waals surface area contributed by atoms with E-state index < -0.39 is 0 Å². The molecule has 0 saturated heterocycles. The number of aromatic amines is 1. The number of benzene rings is 1. The highest BCUT2D eigenvalue weighted by atomic mass is 79.9. The molecule has 0 amide bonds. The molecule has 0 saturated carbocycles. The topological polar surface area (TPSA) is 48.9 Å². The summed E-state index contributed by atoms with van der Waals surface area (Å²) in [7, 11) is 0. The van der Waals surface area contributed by atoms with Crippen molar-refractivity contribution in [1.82, 2.24) is 9.97 Å². The van der Waals surface area contributed by atoms with E-state index in [0.29, 0.717) is 6.42 Å². The molecule has 1 aliphatic carbocycles. The summed E-state index contributed by atoms with van der Waals surface area (Å²) in [6, 6.07) is 8.26. The first-order chi connectivity index (χ1) is 8.70. The summed E-state index contributed by atoms with van der Waals surface area (Å²) in [5.74, 6) is 0.993. The van der Waals surface area contributed by atoms with Gasteiger partial charge in [0.25, 0.3) is 0 Å². The molecule has 94 valence electrons. The molecule has 0 fully saturated rings. The van der Waals surface area contributed by atoms with Gasteiger partial charge in [0.15, 0.2) is 0 Å². The monoisotopic (exact) mass is 306 g/mol. The summed E-state index contributed by atoms with van der Waals surface area (Å²) >= 11 is 3.48. The zero-order chi connectivity index (χ0) is 12.5. The maximum absolute atomic E-state index is 9.64. The van der Waals surface area contributed by atoms with Gasteiger partial charge in [-0.15, -0.1) is 0 Å². The molecule has 1 aliphatic rings. The average molecular weight is 307 g/mol. The van der Waals surface area contributed by atoms with Gasteiger partial charge in [-0.25, -0.2) is 4.98 Å². The normalized spacial score (nSPS) is 18.7. The number of aliphatic hydroxyl groups is 1. The second kappa shape index (κ2) is 4.86. The molecule has 1 unspecified atom stereocenters. The number of aryl methyl sites for hydroxylation is 1. The largest absolute Gasteiger partial charge is 0.393 e. The van der Waals surface area contributed by atoms with Crippen molar-refractivity contribution in [2.24, 2.45) is 0 Å². The lowest BCUT2D eigenvalue weighted by atomic mass is 9.99. The van der Waals surface area contributed by atoms with Crippen LogP contribution < -0.4 is 0 Å². The predicted octanol–water partition coefficient (Wildman–Crippen LogP) is 2.61. The lowest BCUT2D eigenvalue weighted by Crippen LogP contribution is -2.18. The number of fused-ring (bicyclic) bond motifs is 1. The van der Waals surface area contributed by atoms with Crippen LogP contribution in [0, 0.1) is 0 Å². The Hall–Kier alpha value is -1.13. The van der Waals surface area contributed by atoms with Crippen LogP contribution in [-0.2, 0) is 19.3 Å². The molecular weight excluding hydrogens is 292 g/mol. The summed E-state index contributed by atoms with van der Waals surface area (Å²) in [6.45, 7) is 0. The van der Waals surface area contributed by atoms with E-state index in [1.807, 2.05) is 12.1 Å². The summed E-state index contributed by atoms with van der Waals surface area (Å²) in [5, 5.41) is 9.64. The number of nitrogens with zero attached hydrogens (tertiary/aromatic N) is 1. The number of hydrogen-bond acceptors (Lipinski definition) is 2. The fourth-order valence-electron chi connectivity index (χ4n) is 2.45. The lowest BCUT2D eigenvalue weighted by molar-refractivity contribution is 0.157. The van der Waals surface area contributed by atoms with Crippen LogP contribution in [0.5, 0.6) is 0 Å². The zero-order valence-electron chi connectivity index (χ0n) is 9.99. The highest BCUT2D eigenvalue weighted by molar-refractivity contribution is 9.10. The first-order valence-electron chi connectivity index (χ1n) is 6.20. The highest BCUT2D eigenvalue weighted by Crippen LogP contribution is 2.21. The molecule has 0 aliphatic heterocycles. The molecule has 2 aromatic rings. The van der Waals surface area contributed by atoms with Gasteiger partial charge in [-0.1, -0.05) is 28.1 Å². The van der Waals surface area contributed by atoms with Crippen molar-refractivity contribution in [2.75, 3.05) is 0 Å². The van der Waals surface area contributed by atoms with Crippen LogP contribution in [0.2, 0.25) is 0 Å². The Kier molecular flexibility index (Phi) is 3.22. The van der Waals surface area contributed by atoms with Crippen LogP contribution in [0.1, 0.15) is 29.2 Å². The highest BCUT2D eigenvalue weighted by Gasteiger charge is 2.20. The summed E-state index contributed by atoms with van der Waals surface area (Å²) in [5.41, 5.74) is 3.47. The van der Waals surface area contributed by atoms with Gasteiger partial charge in [0.05, 0.1) is 11.8 Å². The van der Waals surface area contributed by atoms with Gasteiger partial charge in [-0.2, -0.15) is 0 Å². The predicted molar refractivity (Wildman–Crippen MR) is 73.6 cm³/mol. The minimum Gasteiger partial charge on any atom is -0.393 e. The molecule has 0 radical (unpaired) electrons. The number of hydrogen-bond donors (Lipinski definition) is 2. The van der Waals surface area contributed by atoms with Gasteiger partial charge in [0, 0.05) is 23.0 Å². The Morgan fingerprint density at radius 1 is 1.44 bits per heavy atom. The Bertz CT molecular complexity index is 565. The molecule has 2 N–H and O–H groups in total. The van der Waals surface area contributed by atoms with Crippen molar-refractivity contribution in [2.45, 2.75) is 31.8 Å². The SMILES string of the molecule is OC1CCc2nc(Cc3cccc(Br)c3)[nH]c2C1. The molecule has 0 bridgehead atoms. The van der Waals surface area contributed by atoms with Crippen LogP contribution in [0.4, 0.5) is 0 Å². The maximum atomic E-state index is 9.64. The average Bonchev–Trinajstić information content (AvgIpc) is 2.70. The third-order valence-electron chi connectivity index (χ3n) is 3.33. The van der Waals surface area contributed by atoms with Gasteiger partial charge >= 0.3 is 0 Å². The molecule has 0 spiro atoms. The molecule has 3 rings (SSSR count). The number of aliphatic hydroxyl groups excluding tert-OH is 1. The van der Waals surface area contributed by atoms with Crippen LogP contribution in [0.25, 0.3) is 0 Å². The maximum Gasteiger partial charge on any atom is 0.110 e. The van der Waals surface area contributed by atoms with E-state index in [1.165, 1.54) is 5.56 Å². The van der Waals surface area contributed by atoms with Crippen molar-refractivity contribution in [3.05, 3.63) is 51.5 Å². The van der Waals surface area contributed by atoms with E-state index in [-0.39, 0.29) is 6.10 Å². The van der Waals surface area contributed by atoms with E-state index in [0.717, 1.165) is 40.9 Å². The quantitative estimate of drug-likeness (QED) is 0.896. The van der Waals surface area contributed by atoms with Crippen LogP contribution in [0.3, 0.4) is 0 Å². The van der Waals surface area contributed by atoms with E-state index in [2.05, 4.69) is 38.0 Å². The molecule has 1 aromatic heterocycles. The second-order valence-electron chi connectivity index (χ2n) is 4.81. The van der Waals surface area contributed by atoms with E-state index >= 15 is 0 Å². The van der Waals surface area contributed by atoms with Gasteiger partial charge in [-0.3, -0.25) is 0 Å². The van der Waals surface area contributed by atoms with Crippen LogP contribution in [-0.4, -0.2) is 21.2 Å². The number of nitrogens with one attached hydrogen (secondary N) is 1. The summed E-state index contributed by atoms with van der Waals surface area (Å²) in [4.78, 5) is 7.97. The lowest BCUT2D eigenvalue weighted by Gasteiger charge is -2.14. The Morgan fingerprint density at radius 3 is 3.17 bits per heavy atom. The first-order valence-corrected chi connectivity index (χ1v) is 6.99. The van der Waals surface area contributed by atoms with Crippen LogP contribution >= 0.6 is 15.9 Å². The van der Waals surface area contributed by atoms with Crippen molar-refractivity contribution < 1.29 is 5.11 Å². The van der Waals surface area contributed by atoms with Crippen LogP contribution in [0.15, 0.2) is 28.7 Å². The Labute approximate surface area is 114 Å².